The van der Waals surface area contributed by atoms with Crippen LogP contribution >= 0.6 is 11.3 Å². The van der Waals surface area contributed by atoms with E-state index in [9.17, 15) is 0 Å². The Labute approximate surface area is 330 Å². The van der Waals surface area contributed by atoms with Crippen LogP contribution in [0.15, 0.2) is 152 Å². The second-order valence-electron chi connectivity index (χ2n) is 17.8. The summed E-state index contributed by atoms with van der Waals surface area (Å²) >= 11 is 1.97. The van der Waals surface area contributed by atoms with Crippen molar-refractivity contribution in [2.45, 2.75) is 71.6 Å². The van der Waals surface area contributed by atoms with Gasteiger partial charge in [-0.05, 0) is 103 Å². The molecule has 0 bridgehead atoms. The molecule has 9 rings (SSSR count). The minimum absolute atomic E-state index is 0.0144. The normalized spacial score (nSPS) is 13.6. The summed E-state index contributed by atoms with van der Waals surface area (Å²) in [6.07, 6.45) is 0. The Bertz CT molecular complexity index is 2620. The lowest BCUT2D eigenvalue weighted by atomic mass is 9.79. The zero-order chi connectivity index (χ0) is 38.3. The molecule has 0 radical (unpaired) electrons. The van der Waals surface area contributed by atoms with Crippen molar-refractivity contribution < 1.29 is 0 Å². The Morgan fingerprint density at radius 3 is 1.55 bits per heavy atom. The molecule has 8 aromatic rings. The van der Waals surface area contributed by atoms with Gasteiger partial charge in [0.1, 0.15) is 0 Å². The fourth-order valence-electron chi connectivity index (χ4n) is 8.69. The third kappa shape index (κ3) is 5.90. The summed E-state index contributed by atoms with van der Waals surface area (Å²) in [5.74, 6) is 0. The first-order valence-electron chi connectivity index (χ1n) is 19.6. The Morgan fingerprint density at radius 2 is 1.02 bits per heavy atom. The second kappa shape index (κ2) is 12.8. The van der Waals surface area contributed by atoms with Crippen LogP contribution in [-0.2, 0) is 16.2 Å². The van der Waals surface area contributed by atoms with Gasteiger partial charge in [-0.15, -0.1) is 11.3 Å². The molecule has 0 N–H and O–H groups in total. The summed E-state index contributed by atoms with van der Waals surface area (Å²) in [6, 6.07) is 56.4. The van der Waals surface area contributed by atoms with Crippen molar-refractivity contribution in [2.75, 3.05) is 4.90 Å². The van der Waals surface area contributed by atoms with Crippen LogP contribution in [0, 0.1) is 0 Å². The van der Waals surface area contributed by atoms with Crippen molar-refractivity contribution >= 4 is 48.6 Å². The van der Waals surface area contributed by atoms with Crippen molar-refractivity contribution in [3.05, 3.63) is 174 Å². The van der Waals surface area contributed by atoms with E-state index in [2.05, 4.69) is 212 Å². The average molecular weight is 732 g/mol. The zero-order valence-corrected chi connectivity index (χ0v) is 34.1. The maximum atomic E-state index is 2.51. The standard InChI is InChI=1S/C53H49NS/c1-51(2,3)38-32-41-47-46(55-50(41)44(33-38)52(4,5)6)31-30-43-49(47)48-42(53(43,7)8)20-15-21-45(48)54(39-26-22-36(23-27-39)34-16-11-9-12-17-34)40-28-24-37(25-29-40)35-18-13-10-14-19-35/h9-33H,1-8H3. The fourth-order valence-corrected chi connectivity index (χ4v) is 10.1. The van der Waals surface area contributed by atoms with Gasteiger partial charge < -0.3 is 4.90 Å². The fraction of sp³-hybridized carbons (Fsp3) is 0.208. The molecule has 2 heteroatoms. The smallest absolute Gasteiger partial charge is 0.0543 e. The first-order chi connectivity index (χ1) is 26.3. The number of nitrogens with zero attached hydrogens (tertiary/aromatic N) is 1. The molecule has 1 aromatic heterocycles. The predicted octanol–water partition coefficient (Wildman–Crippen LogP) is 15.8. The maximum absolute atomic E-state index is 2.51. The predicted molar refractivity (Wildman–Crippen MR) is 240 cm³/mol. The van der Waals surface area contributed by atoms with E-state index in [1.54, 1.807) is 0 Å². The van der Waals surface area contributed by atoms with Crippen LogP contribution in [0.4, 0.5) is 17.1 Å². The van der Waals surface area contributed by atoms with Crippen LogP contribution < -0.4 is 4.90 Å². The van der Waals surface area contributed by atoms with Crippen molar-refractivity contribution in [3.63, 3.8) is 0 Å². The molecule has 0 unspecified atom stereocenters. The van der Waals surface area contributed by atoms with E-state index in [-0.39, 0.29) is 16.2 Å². The number of anilines is 3. The van der Waals surface area contributed by atoms with E-state index in [1.165, 1.54) is 81.5 Å². The largest absolute Gasteiger partial charge is 0.310 e. The minimum atomic E-state index is -0.169. The molecule has 0 aliphatic heterocycles. The van der Waals surface area contributed by atoms with E-state index in [0.29, 0.717) is 0 Å². The summed E-state index contributed by atoms with van der Waals surface area (Å²) in [6.45, 7) is 19.0. The Balaban J connectivity index is 1.32. The molecule has 1 aliphatic carbocycles. The minimum Gasteiger partial charge on any atom is -0.310 e. The van der Waals surface area contributed by atoms with Gasteiger partial charge in [-0.1, -0.05) is 165 Å². The van der Waals surface area contributed by atoms with Gasteiger partial charge in [0.05, 0.1) is 5.69 Å². The number of hydrogen-bond donors (Lipinski definition) is 0. The molecule has 1 heterocycles. The quantitative estimate of drug-likeness (QED) is 0.170. The SMILES string of the molecule is CC(C)(C)c1cc(C(C)(C)C)c2sc3ccc4c(c3c2c1)-c1c(N(c2ccc(-c3ccccc3)cc2)c2ccc(-c3ccccc3)cc2)cccc1C4(C)C. The molecule has 0 saturated carbocycles. The van der Waals surface area contributed by atoms with Crippen LogP contribution in [0.25, 0.3) is 53.6 Å². The van der Waals surface area contributed by atoms with Crippen LogP contribution in [0.1, 0.15) is 77.6 Å². The van der Waals surface area contributed by atoms with Gasteiger partial charge in [-0.3, -0.25) is 0 Å². The number of hydrogen-bond acceptors (Lipinski definition) is 2. The van der Waals surface area contributed by atoms with Crippen molar-refractivity contribution in [1.82, 2.24) is 0 Å². The molecular weight excluding hydrogens is 683 g/mol. The monoisotopic (exact) mass is 731 g/mol. The molecule has 1 nitrogen and oxygen atoms in total. The second-order valence-corrected chi connectivity index (χ2v) is 18.9. The Morgan fingerprint density at radius 1 is 0.491 bits per heavy atom. The molecule has 1 aliphatic rings. The van der Waals surface area contributed by atoms with E-state index < -0.39 is 0 Å². The number of fused-ring (bicyclic) bond motifs is 7. The molecular formula is C53H49NS. The highest BCUT2D eigenvalue weighted by Crippen LogP contribution is 2.58. The molecule has 0 atom stereocenters. The van der Waals surface area contributed by atoms with Gasteiger partial charge in [0.25, 0.3) is 0 Å². The lowest BCUT2D eigenvalue weighted by molar-refractivity contribution is 0.573. The summed E-state index contributed by atoms with van der Waals surface area (Å²) in [5.41, 5.74) is 16.6. The summed E-state index contributed by atoms with van der Waals surface area (Å²) in [7, 11) is 0. The Hall–Kier alpha value is -5.44. The third-order valence-corrected chi connectivity index (χ3v) is 13.0. The number of rotatable bonds is 5. The van der Waals surface area contributed by atoms with Crippen molar-refractivity contribution in [1.29, 1.82) is 0 Å². The molecule has 272 valence electrons. The summed E-state index contributed by atoms with van der Waals surface area (Å²) in [5, 5.41) is 2.78. The molecule has 7 aromatic carbocycles. The van der Waals surface area contributed by atoms with E-state index in [0.717, 1.165) is 11.4 Å². The summed E-state index contributed by atoms with van der Waals surface area (Å²) < 4.78 is 2.77. The first kappa shape index (κ1) is 35.3. The number of benzene rings is 7. The highest BCUT2D eigenvalue weighted by atomic mass is 32.1. The zero-order valence-electron chi connectivity index (χ0n) is 33.3. The van der Waals surface area contributed by atoms with Crippen LogP contribution in [0.2, 0.25) is 0 Å². The lowest BCUT2D eigenvalue weighted by Gasteiger charge is -2.29. The molecule has 0 amide bonds. The van der Waals surface area contributed by atoms with Gasteiger partial charge in [0.15, 0.2) is 0 Å². The topological polar surface area (TPSA) is 3.24 Å². The summed E-state index contributed by atoms with van der Waals surface area (Å²) in [4.78, 5) is 2.49. The van der Waals surface area contributed by atoms with Crippen LogP contribution in [-0.4, -0.2) is 0 Å². The van der Waals surface area contributed by atoms with Gasteiger partial charge in [0, 0.05) is 42.5 Å². The first-order valence-corrected chi connectivity index (χ1v) is 20.4. The van der Waals surface area contributed by atoms with E-state index >= 15 is 0 Å². The maximum Gasteiger partial charge on any atom is 0.0543 e. The third-order valence-electron chi connectivity index (χ3n) is 11.8. The lowest BCUT2D eigenvalue weighted by Crippen LogP contribution is -2.16. The average Bonchev–Trinajstić information content (AvgIpc) is 3.67. The van der Waals surface area contributed by atoms with Gasteiger partial charge in [0.2, 0.25) is 0 Å². The Kier molecular flexibility index (Phi) is 8.22. The van der Waals surface area contributed by atoms with E-state index in [1.807, 2.05) is 11.3 Å². The highest BCUT2D eigenvalue weighted by molar-refractivity contribution is 7.26. The van der Waals surface area contributed by atoms with Crippen LogP contribution in [0.3, 0.4) is 0 Å². The molecule has 0 fully saturated rings. The van der Waals surface area contributed by atoms with Gasteiger partial charge in [-0.25, -0.2) is 0 Å². The van der Waals surface area contributed by atoms with Crippen molar-refractivity contribution in [3.8, 4) is 33.4 Å². The van der Waals surface area contributed by atoms with Gasteiger partial charge >= 0.3 is 0 Å². The number of thiophene rings is 1. The molecule has 0 spiro atoms. The van der Waals surface area contributed by atoms with E-state index in [4.69, 9.17) is 0 Å². The van der Waals surface area contributed by atoms with Crippen molar-refractivity contribution in [2.24, 2.45) is 0 Å². The molecule has 55 heavy (non-hydrogen) atoms. The van der Waals surface area contributed by atoms with Gasteiger partial charge in [-0.2, -0.15) is 0 Å². The molecule has 0 saturated heterocycles. The van der Waals surface area contributed by atoms with Crippen LogP contribution in [0.5, 0.6) is 0 Å². The highest BCUT2D eigenvalue weighted by Gasteiger charge is 2.40.